The SMILES string of the molecule is COCCN1CCC(CN(C)c2ccncn2)C1. The highest BCUT2D eigenvalue weighted by atomic mass is 16.5. The van der Waals surface area contributed by atoms with Crippen LogP contribution in [-0.4, -0.2) is 61.8 Å². The van der Waals surface area contributed by atoms with Crippen LogP contribution in [0.4, 0.5) is 5.82 Å². The molecule has 1 aromatic heterocycles. The van der Waals surface area contributed by atoms with Crippen molar-refractivity contribution in [2.45, 2.75) is 6.42 Å². The summed E-state index contributed by atoms with van der Waals surface area (Å²) in [5, 5.41) is 0. The minimum Gasteiger partial charge on any atom is -0.383 e. The monoisotopic (exact) mass is 250 g/mol. The van der Waals surface area contributed by atoms with Crippen molar-refractivity contribution >= 4 is 5.82 Å². The van der Waals surface area contributed by atoms with E-state index >= 15 is 0 Å². The fraction of sp³-hybridized carbons (Fsp3) is 0.692. The summed E-state index contributed by atoms with van der Waals surface area (Å²) in [7, 11) is 3.86. The topological polar surface area (TPSA) is 41.5 Å². The van der Waals surface area contributed by atoms with Gasteiger partial charge in [0, 0.05) is 40.0 Å². The number of hydrogen-bond donors (Lipinski definition) is 0. The van der Waals surface area contributed by atoms with E-state index in [4.69, 9.17) is 4.74 Å². The normalized spacial score (nSPS) is 20.2. The summed E-state index contributed by atoms with van der Waals surface area (Å²) in [6, 6.07) is 1.96. The van der Waals surface area contributed by atoms with Crippen molar-refractivity contribution in [2.75, 3.05) is 51.8 Å². The molecule has 1 atom stereocenters. The van der Waals surface area contributed by atoms with Crippen LogP contribution in [0.3, 0.4) is 0 Å². The molecule has 0 bridgehead atoms. The first-order chi connectivity index (χ1) is 8.79. The highest BCUT2D eigenvalue weighted by molar-refractivity contribution is 5.35. The fourth-order valence-electron chi connectivity index (χ4n) is 2.48. The molecule has 5 nitrogen and oxygen atoms in total. The Hall–Kier alpha value is -1.20. The Bertz CT molecular complexity index is 346. The first-order valence-corrected chi connectivity index (χ1v) is 6.48. The molecule has 0 N–H and O–H groups in total. The number of hydrogen-bond acceptors (Lipinski definition) is 5. The van der Waals surface area contributed by atoms with Gasteiger partial charge in [-0.05, 0) is 24.9 Å². The molecule has 0 aromatic carbocycles. The second-order valence-corrected chi connectivity index (χ2v) is 4.90. The van der Waals surface area contributed by atoms with Crippen LogP contribution in [0.5, 0.6) is 0 Å². The van der Waals surface area contributed by atoms with E-state index in [1.807, 2.05) is 6.07 Å². The Morgan fingerprint density at radius 2 is 2.44 bits per heavy atom. The van der Waals surface area contributed by atoms with E-state index in [2.05, 4.69) is 26.8 Å². The van der Waals surface area contributed by atoms with E-state index in [1.165, 1.54) is 19.5 Å². The first kappa shape index (κ1) is 13.2. The zero-order valence-corrected chi connectivity index (χ0v) is 11.2. The van der Waals surface area contributed by atoms with Gasteiger partial charge in [0.2, 0.25) is 0 Å². The van der Waals surface area contributed by atoms with Crippen LogP contribution in [0, 0.1) is 5.92 Å². The van der Waals surface area contributed by atoms with Crippen molar-refractivity contribution in [1.29, 1.82) is 0 Å². The Balaban J connectivity index is 1.77. The molecule has 1 aromatic rings. The maximum Gasteiger partial charge on any atom is 0.131 e. The molecular formula is C13H22N4O. The van der Waals surface area contributed by atoms with Gasteiger partial charge in [0.1, 0.15) is 12.1 Å². The van der Waals surface area contributed by atoms with Crippen LogP contribution in [0.25, 0.3) is 0 Å². The Morgan fingerprint density at radius 1 is 1.56 bits per heavy atom. The van der Waals surface area contributed by atoms with Gasteiger partial charge >= 0.3 is 0 Å². The van der Waals surface area contributed by atoms with E-state index < -0.39 is 0 Å². The van der Waals surface area contributed by atoms with Crippen LogP contribution in [0.15, 0.2) is 18.6 Å². The van der Waals surface area contributed by atoms with E-state index in [0.29, 0.717) is 0 Å². The quantitative estimate of drug-likeness (QED) is 0.750. The lowest BCUT2D eigenvalue weighted by atomic mass is 10.1. The lowest BCUT2D eigenvalue weighted by Gasteiger charge is -2.22. The van der Waals surface area contributed by atoms with Crippen LogP contribution in [0.2, 0.25) is 0 Å². The average molecular weight is 250 g/mol. The van der Waals surface area contributed by atoms with Gasteiger partial charge in [0.15, 0.2) is 0 Å². The second-order valence-electron chi connectivity index (χ2n) is 4.90. The van der Waals surface area contributed by atoms with Gasteiger partial charge in [-0.2, -0.15) is 0 Å². The van der Waals surface area contributed by atoms with Gasteiger partial charge < -0.3 is 14.5 Å². The number of nitrogens with zero attached hydrogens (tertiary/aromatic N) is 4. The summed E-state index contributed by atoms with van der Waals surface area (Å²) in [6.45, 7) is 5.28. The fourth-order valence-corrected chi connectivity index (χ4v) is 2.48. The van der Waals surface area contributed by atoms with Crippen LogP contribution < -0.4 is 4.90 Å². The maximum atomic E-state index is 5.12. The van der Waals surface area contributed by atoms with Gasteiger partial charge in [-0.15, -0.1) is 0 Å². The summed E-state index contributed by atoms with van der Waals surface area (Å²) < 4.78 is 5.12. The molecule has 0 radical (unpaired) electrons. The number of likely N-dealkylation sites (tertiary alicyclic amines) is 1. The van der Waals surface area contributed by atoms with Crippen LogP contribution in [0.1, 0.15) is 6.42 Å². The second kappa shape index (κ2) is 6.66. The summed E-state index contributed by atoms with van der Waals surface area (Å²) >= 11 is 0. The van der Waals surface area contributed by atoms with E-state index in [-0.39, 0.29) is 0 Å². The molecule has 1 unspecified atom stereocenters. The predicted molar refractivity (Wildman–Crippen MR) is 71.7 cm³/mol. The van der Waals surface area contributed by atoms with Gasteiger partial charge in [0.25, 0.3) is 0 Å². The van der Waals surface area contributed by atoms with Crippen molar-refractivity contribution in [3.05, 3.63) is 18.6 Å². The molecular weight excluding hydrogens is 228 g/mol. The predicted octanol–water partition coefficient (Wildman–Crippen LogP) is 0.881. The standard InChI is InChI=1S/C13H22N4O/c1-16(13-3-5-14-11-15-13)9-12-4-6-17(10-12)7-8-18-2/h3,5,11-12H,4,6-10H2,1-2H3. The summed E-state index contributed by atoms with van der Waals surface area (Å²) in [5.74, 6) is 1.72. The zero-order valence-electron chi connectivity index (χ0n) is 11.2. The molecule has 0 aliphatic carbocycles. The molecule has 1 aliphatic heterocycles. The molecule has 18 heavy (non-hydrogen) atoms. The average Bonchev–Trinajstić information content (AvgIpc) is 2.85. The van der Waals surface area contributed by atoms with Gasteiger partial charge in [-0.25, -0.2) is 9.97 Å². The Labute approximate surface area is 109 Å². The minimum absolute atomic E-state index is 0.724. The molecule has 0 saturated carbocycles. The lowest BCUT2D eigenvalue weighted by Crippen LogP contribution is -2.30. The Morgan fingerprint density at radius 3 is 3.17 bits per heavy atom. The van der Waals surface area contributed by atoms with E-state index in [9.17, 15) is 0 Å². The lowest BCUT2D eigenvalue weighted by molar-refractivity contribution is 0.159. The number of ether oxygens (including phenoxy) is 1. The van der Waals surface area contributed by atoms with Crippen molar-refractivity contribution in [1.82, 2.24) is 14.9 Å². The van der Waals surface area contributed by atoms with Crippen LogP contribution >= 0.6 is 0 Å². The third kappa shape index (κ3) is 3.65. The highest BCUT2D eigenvalue weighted by Gasteiger charge is 2.23. The number of anilines is 1. The first-order valence-electron chi connectivity index (χ1n) is 6.48. The molecule has 0 spiro atoms. The third-order valence-electron chi connectivity index (χ3n) is 3.47. The van der Waals surface area contributed by atoms with Gasteiger partial charge in [0.05, 0.1) is 6.61 Å². The van der Waals surface area contributed by atoms with E-state index in [0.717, 1.165) is 31.4 Å². The molecule has 2 heterocycles. The minimum atomic E-state index is 0.724. The molecule has 2 rings (SSSR count). The molecule has 1 fully saturated rings. The zero-order chi connectivity index (χ0) is 12.8. The summed E-state index contributed by atoms with van der Waals surface area (Å²) in [4.78, 5) is 12.9. The maximum absolute atomic E-state index is 5.12. The smallest absolute Gasteiger partial charge is 0.131 e. The molecule has 1 saturated heterocycles. The van der Waals surface area contributed by atoms with Gasteiger partial charge in [-0.1, -0.05) is 0 Å². The molecule has 5 heteroatoms. The number of methoxy groups -OCH3 is 1. The molecule has 1 aliphatic rings. The molecule has 100 valence electrons. The summed E-state index contributed by atoms with van der Waals surface area (Å²) in [5.41, 5.74) is 0. The summed E-state index contributed by atoms with van der Waals surface area (Å²) in [6.07, 6.45) is 4.66. The largest absolute Gasteiger partial charge is 0.383 e. The van der Waals surface area contributed by atoms with Crippen LogP contribution in [-0.2, 0) is 4.74 Å². The van der Waals surface area contributed by atoms with Crippen molar-refractivity contribution < 1.29 is 4.74 Å². The third-order valence-corrected chi connectivity index (χ3v) is 3.47. The van der Waals surface area contributed by atoms with Gasteiger partial charge in [-0.3, -0.25) is 0 Å². The van der Waals surface area contributed by atoms with E-state index in [1.54, 1.807) is 19.6 Å². The van der Waals surface area contributed by atoms with Crippen molar-refractivity contribution in [2.24, 2.45) is 5.92 Å². The van der Waals surface area contributed by atoms with Crippen molar-refractivity contribution in [3.63, 3.8) is 0 Å². The number of rotatable bonds is 6. The number of aromatic nitrogens is 2. The molecule has 0 amide bonds. The van der Waals surface area contributed by atoms with Crippen molar-refractivity contribution in [3.8, 4) is 0 Å². The Kier molecular flexibility index (Phi) is 4.90. The highest BCUT2D eigenvalue weighted by Crippen LogP contribution is 2.18.